The van der Waals surface area contributed by atoms with Crippen LogP contribution in [0.4, 0.5) is 0 Å². The van der Waals surface area contributed by atoms with Crippen molar-refractivity contribution >= 4 is 5.97 Å². The molecule has 1 unspecified atom stereocenters. The maximum Gasteiger partial charge on any atom is 0.323 e. The number of ether oxygens (including phenoxy) is 1. The molecule has 0 aromatic heterocycles. The van der Waals surface area contributed by atoms with Gasteiger partial charge in [0.15, 0.2) is 0 Å². The molecule has 1 rings (SSSR count). The van der Waals surface area contributed by atoms with Crippen molar-refractivity contribution in [3.8, 4) is 5.75 Å². The van der Waals surface area contributed by atoms with Gasteiger partial charge in [-0.1, -0.05) is 39.0 Å². The van der Waals surface area contributed by atoms with E-state index in [0.29, 0.717) is 19.4 Å². The number of aliphatic carboxylic acids is 1. The Labute approximate surface area is 127 Å². The van der Waals surface area contributed by atoms with Crippen molar-refractivity contribution in [2.45, 2.75) is 51.5 Å². The fourth-order valence-electron chi connectivity index (χ4n) is 2.16. The highest BCUT2D eigenvalue weighted by Gasteiger charge is 2.30. The number of rotatable bonds is 7. The third-order valence-electron chi connectivity index (χ3n) is 3.80. The van der Waals surface area contributed by atoms with Crippen LogP contribution < -0.4 is 10.1 Å². The minimum absolute atomic E-state index is 0.0249. The SMILES string of the molecule is CNC(C)(CCCOc1ccccc1C(C)(C)C)C(=O)O. The van der Waals surface area contributed by atoms with Crippen LogP contribution in [-0.2, 0) is 10.2 Å². The monoisotopic (exact) mass is 293 g/mol. The number of para-hydroxylation sites is 1. The maximum absolute atomic E-state index is 11.2. The predicted molar refractivity (Wildman–Crippen MR) is 85.0 cm³/mol. The Morgan fingerprint density at radius 1 is 1.24 bits per heavy atom. The Kier molecular flexibility index (Phi) is 5.78. The summed E-state index contributed by atoms with van der Waals surface area (Å²) in [4.78, 5) is 11.2. The van der Waals surface area contributed by atoms with E-state index in [1.165, 1.54) is 5.56 Å². The summed E-state index contributed by atoms with van der Waals surface area (Å²) in [6, 6.07) is 8.01. The molecule has 0 saturated carbocycles. The molecule has 0 radical (unpaired) electrons. The minimum atomic E-state index is -0.896. The summed E-state index contributed by atoms with van der Waals surface area (Å²) in [5.74, 6) is 0.0478. The molecule has 0 bridgehead atoms. The van der Waals surface area contributed by atoms with Crippen molar-refractivity contribution in [2.24, 2.45) is 0 Å². The van der Waals surface area contributed by atoms with Crippen LogP contribution in [0, 0.1) is 0 Å². The lowest BCUT2D eigenvalue weighted by Crippen LogP contribution is -2.47. The van der Waals surface area contributed by atoms with E-state index in [9.17, 15) is 9.90 Å². The van der Waals surface area contributed by atoms with Crippen LogP contribution in [0.1, 0.15) is 46.1 Å². The molecule has 118 valence electrons. The van der Waals surface area contributed by atoms with Crippen molar-refractivity contribution in [1.82, 2.24) is 5.32 Å². The second-order valence-electron chi connectivity index (χ2n) is 6.59. The molecule has 0 aliphatic rings. The molecule has 4 nitrogen and oxygen atoms in total. The second-order valence-corrected chi connectivity index (χ2v) is 6.59. The van der Waals surface area contributed by atoms with Gasteiger partial charge in [-0.25, -0.2) is 0 Å². The summed E-state index contributed by atoms with van der Waals surface area (Å²) >= 11 is 0. The van der Waals surface area contributed by atoms with Gasteiger partial charge in [0, 0.05) is 0 Å². The van der Waals surface area contributed by atoms with Crippen LogP contribution in [-0.4, -0.2) is 30.3 Å². The number of nitrogens with one attached hydrogen (secondary N) is 1. The van der Waals surface area contributed by atoms with Gasteiger partial charge in [0.05, 0.1) is 6.61 Å². The first-order chi connectivity index (χ1) is 9.70. The highest BCUT2D eigenvalue weighted by Crippen LogP contribution is 2.31. The van der Waals surface area contributed by atoms with E-state index in [2.05, 4.69) is 32.2 Å². The second kappa shape index (κ2) is 6.94. The van der Waals surface area contributed by atoms with Crippen LogP contribution in [0.5, 0.6) is 5.75 Å². The summed E-state index contributed by atoms with van der Waals surface area (Å²) < 4.78 is 5.86. The van der Waals surface area contributed by atoms with E-state index in [1.54, 1.807) is 14.0 Å². The van der Waals surface area contributed by atoms with Crippen molar-refractivity contribution in [1.29, 1.82) is 0 Å². The highest BCUT2D eigenvalue weighted by molar-refractivity contribution is 5.78. The molecule has 1 aromatic rings. The molecule has 1 aromatic carbocycles. The Morgan fingerprint density at radius 2 is 1.86 bits per heavy atom. The summed E-state index contributed by atoms with van der Waals surface area (Å²) in [5.41, 5.74) is 0.295. The molecule has 21 heavy (non-hydrogen) atoms. The van der Waals surface area contributed by atoms with E-state index in [0.717, 1.165) is 5.75 Å². The van der Waals surface area contributed by atoms with Crippen LogP contribution in [0.25, 0.3) is 0 Å². The lowest BCUT2D eigenvalue weighted by Gasteiger charge is -2.25. The van der Waals surface area contributed by atoms with Gasteiger partial charge >= 0.3 is 5.97 Å². The maximum atomic E-state index is 11.2. The molecule has 4 heteroatoms. The Bertz CT molecular complexity index is 479. The first kappa shape index (κ1) is 17.5. The smallest absolute Gasteiger partial charge is 0.323 e. The molecule has 0 aliphatic heterocycles. The number of carboxylic acids is 1. The van der Waals surface area contributed by atoms with Crippen molar-refractivity contribution in [3.05, 3.63) is 29.8 Å². The summed E-state index contributed by atoms with van der Waals surface area (Å²) in [6.45, 7) is 8.66. The number of benzene rings is 1. The van der Waals surface area contributed by atoms with Crippen LogP contribution in [0.2, 0.25) is 0 Å². The van der Waals surface area contributed by atoms with Crippen molar-refractivity contribution in [2.75, 3.05) is 13.7 Å². The van der Waals surface area contributed by atoms with Crippen LogP contribution in [0.3, 0.4) is 0 Å². The van der Waals surface area contributed by atoms with E-state index in [-0.39, 0.29) is 5.41 Å². The standard InChI is InChI=1S/C17H27NO3/c1-16(2,3)13-9-6-7-10-14(13)21-12-8-11-17(4,18-5)15(19)20/h6-7,9-10,18H,8,11-12H2,1-5H3,(H,19,20). The fourth-order valence-corrected chi connectivity index (χ4v) is 2.16. The average molecular weight is 293 g/mol. The first-order valence-corrected chi connectivity index (χ1v) is 7.35. The zero-order valence-electron chi connectivity index (χ0n) is 13.7. The van der Waals surface area contributed by atoms with Gasteiger partial charge in [-0.3, -0.25) is 4.79 Å². The number of carbonyl (C=O) groups is 1. The molecule has 0 aliphatic carbocycles. The van der Waals surface area contributed by atoms with Gasteiger partial charge in [0.2, 0.25) is 0 Å². The van der Waals surface area contributed by atoms with Crippen LogP contribution >= 0.6 is 0 Å². The Balaban J connectivity index is 2.60. The molecular formula is C17H27NO3. The van der Waals surface area contributed by atoms with Crippen LogP contribution in [0.15, 0.2) is 24.3 Å². The van der Waals surface area contributed by atoms with Gasteiger partial charge in [-0.05, 0) is 43.9 Å². The molecule has 1 atom stereocenters. The van der Waals surface area contributed by atoms with Gasteiger partial charge in [0.25, 0.3) is 0 Å². The minimum Gasteiger partial charge on any atom is -0.493 e. The average Bonchev–Trinajstić information content (AvgIpc) is 2.42. The fraction of sp³-hybridized carbons (Fsp3) is 0.588. The normalized spacial score (nSPS) is 14.5. The van der Waals surface area contributed by atoms with Gasteiger partial charge in [-0.2, -0.15) is 0 Å². The third-order valence-corrected chi connectivity index (χ3v) is 3.80. The molecule has 0 heterocycles. The quantitative estimate of drug-likeness (QED) is 0.758. The van der Waals surface area contributed by atoms with Crippen molar-refractivity contribution in [3.63, 3.8) is 0 Å². The molecule has 0 fully saturated rings. The van der Waals surface area contributed by atoms with E-state index < -0.39 is 11.5 Å². The van der Waals surface area contributed by atoms with Crippen molar-refractivity contribution < 1.29 is 14.6 Å². The van der Waals surface area contributed by atoms with E-state index >= 15 is 0 Å². The molecule has 0 amide bonds. The predicted octanol–water partition coefficient (Wildman–Crippen LogP) is 3.21. The number of hydrogen-bond donors (Lipinski definition) is 2. The number of carboxylic acid groups (broad SMARTS) is 1. The third kappa shape index (κ3) is 4.74. The van der Waals surface area contributed by atoms with Gasteiger partial charge in [0.1, 0.15) is 11.3 Å². The number of likely N-dealkylation sites (N-methyl/N-ethyl adjacent to an activating group) is 1. The summed E-state index contributed by atoms with van der Waals surface area (Å²) in [5, 5.41) is 12.1. The largest absolute Gasteiger partial charge is 0.493 e. The Morgan fingerprint density at radius 3 is 2.38 bits per heavy atom. The van der Waals surface area contributed by atoms with E-state index in [1.807, 2.05) is 18.2 Å². The molecular weight excluding hydrogens is 266 g/mol. The summed E-state index contributed by atoms with van der Waals surface area (Å²) in [7, 11) is 1.67. The molecule has 2 N–H and O–H groups in total. The number of hydrogen-bond acceptors (Lipinski definition) is 3. The Hall–Kier alpha value is -1.55. The first-order valence-electron chi connectivity index (χ1n) is 7.35. The molecule has 0 spiro atoms. The lowest BCUT2D eigenvalue weighted by atomic mass is 9.86. The summed E-state index contributed by atoms with van der Waals surface area (Å²) in [6.07, 6.45) is 1.21. The lowest BCUT2D eigenvalue weighted by molar-refractivity contribution is -0.144. The highest BCUT2D eigenvalue weighted by atomic mass is 16.5. The van der Waals surface area contributed by atoms with Gasteiger partial charge in [-0.15, -0.1) is 0 Å². The van der Waals surface area contributed by atoms with Gasteiger partial charge < -0.3 is 15.2 Å². The molecule has 0 saturated heterocycles. The van der Waals surface area contributed by atoms with E-state index in [4.69, 9.17) is 4.74 Å². The zero-order valence-corrected chi connectivity index (χ0v) is 13.7. The zero-order chi connectivity index (χ0) is 16.1. The topological polar surface area (TPSA) is 58.6 Å².